The Kier molecular flexibility index (Phi) is 3.53. The van der Waals surface area contributed by atoms with Gasteiger partial charge in [-0.3, -0.25) is 4.40 Å². The average molecular weight is 401 g/mol. The fourth-order valence-electron chi connectivity index (χ4n) is 3.20. The summed E-state index contributed by atoms with van der Waals surface area (Å²) in [7, 11) is 0. The van der Waals surface area contributed by atoms with Gasteiger partial charge in [0.2, 0.25) is 0 Å². The molecule has 124 valence electrons. The molecule has 0 bridgehead atoms. The highest BCUT2D eigenvalue weighted by Crippen LogP contribution is 2.31. The van der Waals surface area contributed by atoms with Crippen molar-refractivity contribution >= 4 is 32.6 Å². The third-order valence-electron chi connectivity index (χ3n) is 4.42. The molecular weight excluding hydrogens is 388 g/mol. The molecule has 0 unspecified atom stereocenters. The summed E-state index contributed by atoms with van der Waals surface area (Å²) < 4.78 is 3.07. The molecule has 0 saturated carbocycles. The molecule has 5 heteroatoms. The van der Waals surface area contributed by atoms with Crippen LogP contribution in [0.25, 0.3) is 39.2 Å². The number of hydrogen-bond donors (Lipinski definition) is 0. The van der Waals surface area contributed by atoms with Crippen LogP contribution in [0, 0.1) is 0 Å². The first-order valence-corrected chi connectivity index (χ1v) is 9.05. The molecule has 0 amide bonds. The fourth-order valence-corrected chi connectivity index (χ4v) is 3.47. The summed E-state index contributed by atoms with van der Waals surface area (Å²) in [5.74, 6) is 0.786. The van der Waals surface area contributed by atoms with Gasteiger partial charge >= 0.3 is 0 Å². The maximum atomic E-state index is 4.59. The standard InChI is InChI=1S/C21H13BrN4/c22-17-10-8-15(9-11-17)20-24-25-21-18(14-5-2-1-3-6-14)13-16-7-4-12-23-19(16)26(20)21/h1-13H. The molecule has 3 aromatic heterocycles. The van der Waals surface area contributed by atoms with E-state index in [4.69, 9.17) is 0 Å². The first-order valence-electron chi connectivity index (χ1n) is 8.25. The summed E-state index contributed by atoms with van der Waals surface area (Å²) in [5.41, 5.74) is 4.81. The maximum absolute atomic E-state index is 4.59. The highest BCUT2D eigenvalue weighted by atomic mass is 79.9. The maximum Gasteiger partial charge on any atom is 0.170 e. The van der Waals surface area contributed by atoms with Crippen molar-refractivity contribution < 1.29 is 0 Å². The van der Waals surface area contributed by atoms with Gasteiger partial charge in [-0.15, -0.1) is 10.2 Å². The molecule has 0 atom stereocenters. The van der Waals surface area contributed by atoms with Crippen LogP contribution >= 0.6 is 15.9 Å². The summed E-state index contributed by atoms with van der Waals surface area (Å²) in [4.78, 5) is 4.59. The summed E-state index contributed by atoms with van der Waals surface area (Å²) in [6.45, 7) is 0. The number of aromatic nitrogens is 4. The van der Waals surface area contributed by atoms with E-state index in [2.05, 4.69) is 55.4 Å². The van der Waals surface area contributed by atoms with Crippen molar-refractivity contribution in [2.75, 3.05) is 0 Å². The summed E-state index contributed by atoms with van der Waals surface area (Å²) in [5, 5.41) is 10.0. The van der Waals surface area contributed by atoms with Crippen LogP contribution in [-0.4, -0.2) is 19.6 Å². The molecule has 0 aliphatic rings. The molecule has 0 radical (unpaired) electrons. The molecule has 0 aliphatic heterocycles. The fraction of sp³-hybridized carbons (Fsp3) is 0. The van der Waals surface area contributed by atoms with Crippen molar-refractivity contribution in [3.05, 3.63) is 83.5 Å². The van der Waals surface area contributed by atoms with E-state index in [0.29, 0.717) is 0 Å². The lowest BCUT2D eigenvalue weighted by atomic mass is 10.1. The van der Waals surface area contributed by atoms with E-state index in [-0.39, 0.29) is 0 Å². The molecule has 0 fully saturated rings. The number of hydrogen-bond acceptors (Lipinski definition) is 3. The third-order valence-corrected chi connectivity index (χ3v) is 4.95. The van der Waals surface area contributed by atoms with E-state index >= 15 is 0 Å². The van der Waals surface area contributed by atoms with Crippen LogP contribution in [0.2, 0.25) is 0 Å². The van der Waals surface area contributed by atoms with Gasteiger partial charge in [0.05, 0.1) is 0 Å². The van der Waals surface area contributed by atoms with Crippen LogP contribution < -0.4 is 0 Å². The zero-order valence-corrected chi connectivity index (χ0v) is 15.3. The molecule has 26 heavy (non-hydrogen) atoms. The van der Waals surface area contributed by atoms with Gasteiger partial charge in [0.25, 0.3) is 0 Å². The van der Waals surface area contributed by atoms with Gasteiger partial charge in [0.1, 0.15) is 5.65 Å². The smallest absolute Gasteiger partial charge is 0.170 e. The van der Waals surface area contributed by atoms with Crippen molar-refractivity contribution in [3.63, 3.8) is 0 Å². The number of nitrogens with zero attached hydrogens (tertiary/aromatic N) is 4. The lowest BCUT2D eigenvalue weighted by Gasteiger charge is -2.09. The van der Waals surface area contributed by atoms with Gasteiger partial charge in [-0.1, -0.05) is 58.4 Å². The Labute approximate surface area is 158 Å². The quantitative estimate of drug-likeness (QED) is 0.399. The molecule has 2 aromatic carbocycles. The number of halogens is 1. The van der Waals surface area contributed by atoms with Gasteiger partial charge in [0, 0.05) is 27.2 Å². The molecule has 0 saturated heterocycles. The second-order valence-corrected chi connectivity index (χ2v) is 6.95. The Bertz CT molecular complexity index is 1230. The van der Waals surface area contributed by atoms with Crippen LogP contribution in [0.1, 0.15) is 0 Å². The molecule has 3 heterocycles. The predicted octanol–water partition coefficient (Wildman–Crippen LogP) is 5.37. The third kappa shape index (κ3) is 2.40. The van der Waals surface area contributed by atoms with Crippen molar-refractivity contribution in [2.45, 2.75) is 0 Å². The summed E-state index contributed by atoms with van der Waals surface area (Å²) in [6, 6.07) is 24.5. The van der Waals surface area contributed by atoms with Gasteiger partial charge < -0.3 is 0 Å². The molecule has 5 aromatic rings. The minimum Gasteiger partial charge on any atom is -0.258 e. The van der Waals surface area contributed by atoms with E-state index in [1.54, 1.807) is 6.20 Å². The topological polar surface area (TPSA) is 43.1 Å². The van der Waals surface area contributed by atoms with E-state index in [9.17, 15) is 0 Å². The van der Waals surface area contributed by atoms with E-state index in [0.717, 1.165) is 43.7 Å². The van der Waals surface area contributed by atoms with E-state index < -0.39 is 0 Å². The SMILES string of the molecule is Brc1ccc(-c2nnc3c(-c4ccccc4)cc4cccnc4n23)cc1. The van der Waals surface area contributed by atoms with Gasteiger partial charge in [-0.25, -0.2) is 4.98 Å². The minimum absolute atomic E-state index is 0.786. The molecule has 5 rings (SSSR count). The van der Waals surface area contributed by atoms with E-state index in [1.807, 2.05) is 52.9 Å². The van der Waals surface area contributed by atoms with Gasteiger partial charge in [0.15, 0.2) is 11.5 Å². The zero-order chi connectivity index (χ0) is 17.5. The Hall–Kier alpha value is -3.05. The van der Waals surface area contributed by atoms with E-state index in [1.165, 1.54) is 0 Å². The van der Waals surface area contributed by atoms with Crippen molar-refractivity contribution in [1.82, 2.24) is 19.6 Å². The molecule has 0 aliphatic carbocycles. The van der Waals surface area contributed by atoms with Crippen LogP contribution in [0.4, 0.5) is 0 Å². The highest BCUT2D eigenvalue weighted by molar-refractivity contribution is 9.10. The van der Waals surface area contributed by atoms with Crippen molar-refractivity contribution in [2.24, 2.45) is 0 Å². The normalized spacial score (nSPS) is 11.3. The minimum atomic E-state index is 0.786. The lowest BCUT2D eigenvalue weighted by molar-refractivity contribution is 1.11. The van der Waals surface area contributed by atoms with Crippen LogP contribution in [0.3, 0.4) is 0 Å². The lowest BCUT2D eigenvalue weighted by Crippen LogP contribution is -1.96. The Morgan fingerprint density at radius 3 is 2.35 bits per heavy atom. The molecule has 0 spiro atoms. The molecular formula is C21H13BrN4. The van der Waals surface area contributed by atoms with Crippen LogP contribution in [0.5, 0.6) is 0 Å². The predicted molar refractivity (Wildman–Crippen MR) is 107 cm³/mol. The largest absolute Gasteiger partial charge is 0.258 e. The van der Waals surface area contributed by atoms with Crippen LogP contribution in [-0.2, 0) is 0 Å². The van der Waals surface area contributed by atoms with Gasteiger partial charge in [-0.05, 0) is 35.9 Å². The van der Waals surface area contributed by atoms with Crippen molar-refractivity contribution in [3.8, 4) is 22.5 Å². The average Bonchev–Trinajstić information content (AvgIpc) is 3.14. The summed E-state index contributed by atoms with van der Waals surface area (Å²) in [6.07, 6.45) is 1.80. The second-order valence-electron chi connectivity index (χ2n) is 6.03. The summed E-state index contributed by atoms with van der Waals surface area (Å²) >= 11 is 3.49. The number of benzene rings is 2. The molecule has 4 nitrogen and oxygen atoms in total. The number of fused-ring (bicyclic) bond motifs is 3. The van der Waals surface area contributed by atoms with Gasteiger partial charge in [-0.2, -0.15) is 0 Å². The Morgan fingerprint density at radius 2 is 1.54 bits per heavy atom. The Balaban J connectivity index is 1.90. The molecule has 0 N–H and O–H groups in total. The number of pyridine rings is 2. The monoisotopic (exact) mass is 400 g/mol. The Morgan fingerprint density at radius 1 is 0.731 bits per heavy atom. The first kappa shape index (κ1) is 15.2. The number of rotatable bonds is 2. The highest BCUT2D eigenvalue weighted by Gasteiger charge is 2.16. The first-order chi connectivity index (χ1) is 12.8. The van der Waals surface area contributed by atoms with Crippen molar-refractivity contribution in [1.29, 1.82) is 0 Å². The zero-order valence-electron chi connectivity index (χ0n) is 13.7. The second kappa shape index (κ2) is 6.04. The van der Waals surface area contributed by atoms with Crippen LogP contribution in [0.15, 0.2) is 83.5 Å².